The molecule has 0 saturated heterocycles. The van der Waals surface area contributed by atoms with E-state index in [0.29, 0.717) is 17.7 Å². The number of hydrogen-bond acceptors (Lipinski definition) is 2. The molecule has 1 aromatic heterocycles. The molecule has 0 unspecified atom stereocenters. The molecule has 1 heterocycles. The van der Waals surface area contributed by atoms with Crippen LogP contribution in [0.4, 0.5) is 0 Å². The van der Waals surface area contributed by atoms with Crippen molar-refractivity contribution in [3.05, 3.63) is 44.7 Å². The maximum atomic E-state index is 12.0. The van der Waals surface area contributed by atoms with Gasteiger partial charge in [0.15, 0.2) is 11.7 Å². The average molecular weight is 292 g/mol. The molecule has 1 aliphatic rings. The lowest BCUT2D eigenvalue weighted by molar-refractivity contribution is 0.112. The Balaban J connectivity index is 2.44. The third-order valence-electron chi connectivity index (χ3n) is 3.09. The monoisotopic (exact) mass is 291 g/mol. The van der Waals surface area contributed by atoms with Gasteiger partial charge >= 0.3 is 0 Å². The number of halogens is 1. The van der Waals surface area contributed by atoms with E-state index in [-0.39, 0.29) is 11.0 Å². The van der Waals surface area contributed by atoms with Gasteiger partial charge in [0.1, 0.15) is 0 Å². The zero-order chi connectivity index (χ0) is 12.0. The van der Waals surface area contributed by atoms with Crippen molar-refractivity contribution in [2.24, 2.45) is 0 Å². The van der Waals surface area contributed by atoms with E-state index in [1.54, 1.807) is 12.3 Å². The summed E-state index contributed by atoms with van der Waals surface area (Å²) in [5, 5.41) is 0.615. The lowest BCUT2D eigenvalue weighted by Crippen LogP contribution is -2.13. The summed E-state index contributed by atoms with van der Waals surface area (Å²) in [5.74, 6) is 0. The number of carbonyl (C=O) groups is 1. The average Bonchev–Trinajstić information content (AvgIpc) is 3.13. The zero-order valence-corrected chi connectivity index (χ0v) is 10.6. The summed E-state index contributed by atoms with van der Waals surface area (Å²) < 4.78 is 2.99. The molecule has 86 valence electrons. The Kier molecular flexibility index (Phi) is 2.40. The van der Waals surface area contributed by atoms with E-state index >= 15 is 0 Å². The van der Waals surface area contributed by atoms with Gasteiger partial charge in [-0.3, -0.25) is 9.59 Å². The molecule has 0 aliphatic heterocycles. The second-order valence-electron chi connectivity index (χ2n) is 4.33. The second kappa shape index (κ2) is 3.81. The predicted octanol–water partition coefficient (Wildman–Crippen LogP) is 2.91. The Morgan fingerprint density at radius 2 is 2.12 bits per heavy atom. The molecule has 0 amide bonds. The van der Waals surface area contributed by atoms with E-state index in [4.69, 9.17) is 0 Å². The van der Waals surface area contributed by atoms with Crippen LogP contribution in [0.5, 0.6) is 0 Å². The highest BCUT2D eigenvalue weighted by molar-refractivity contribution is 9.10. The molecule has 1 aromatic carbocycles. The minimum atomic E-state index is -0.181. The first-order valence-electron chi connectivity index (χ1n) is 5.50. The van der Waals surface area contributed by atoms with Gasteiger partial charge in [0.25, 0.3) is 0 Å². The van der Waals surface area contributed by atoms with Gasteiger partial charge in [-0.15, -0.1) is 0 Å². The van der Waals surface area contributed by atoms with Crippen LogP contribution in [0.1, 0.15) is 29.2 Å². The van der Waals surface area contributed by atoms with Crippen molar-refractivity contribution in [2.45, 2.75) is 18.9 Å². The smallest absolute Gasteiger partial charge is 0.199 e. The van der Waals surface area contributed by atoms with Crippen LogP contribution in [-0.4, -0.2) is 10.9 Å². The highest BCUT2D eigenvalue weighted by Gasteiger charge is 2.25. The van der Waals surface area contributed by atoms with Crippen LogP contribution in [0, 0.1) is 0 Å². The van der Waals surface area contributed by atoms with E-state index in [0.717, 1.165) is 22.8 Å². The number of rotatable bonds is 2. The van der Waals surface area contributed by atoms with E-state index < -0.39 is 0 Å². The van der Waals surface area contributed by atoms with E-state index in [9.17, 15) is 9.59 Å². The van der Waals surface area contributed by atoms with Crippen molar-refractivity contribution < 1.29 is 4.79 Å². The quantitative estimate of drug-likeness (QED) is 0.798. The molecule has 1 aliphatic carbocycles. The number of pyridine rings is 1. The third kappa shape index (κ3) is 1.72. The third-order valence-corrected chi connectivity index (χ3v) is 3.58. The predicted molar refractivity (Wildman–Crippen MR) is 69.6 cm³/mol. The zero-order valence-electron chi connectivity index (χ0n) is 9.02. The standard InChI is InChI=1S/C13H10BrNO2/c14-9-1-4-11-12(5-9)15(10-2-3-10)6-8(7-16)13(11)17/h1,4-7,10H,2-3H2. The van der Waals surface area contributed by atoms with Gasteiger partial charge in [-0.05, 0) is 31.0 Å². The molecule has 0 N–H and O–H groups in total. The Bertz CT molecular complexity index is 671. The summed E-state index contributed by atoms with van der Waals surface area (Å²) >= 11 is 3.41. The summed E-state index contributed by atoms with van der Waals surface area (Å²) in [5.41, 5.74) is 0.962. The van der Waals surface area contributed by atoms with Crippen LogP contribution < -0.4 is 5.43 Å². The Morgan fingerprint density at radius 1 is 1.35 bits per heavy atom. The minimum absolute atomic E-state index is 0.181. The summed E-state index contributed by atoms with van der Waals surface area (Å²) in [4.78, 5) is 22.9. The Morgan fingerprint density at radius 3 is 2.76 bits per heavy atom. The van der Waals surface area contributed by atoms with E-state index in [1.165, 1.54) is 0 Å². The molecule has 3 nitrogen and oxygen atoms in total. The fraction of sp³-hybridized carbons (Fsp3) is 0.231. The van der Waals surface area contributed by atoms with E-state index in [2.05, 4.69) is 15.9 Å². The van der Waals surface area contributed by atoms with Crippen LogP contribution in [0.3, 0.4) is 0 Å². The van der Waals surface area contributed by atoms with Gasteiger partial charge in [0, 0.05) is 22.1 Å². The molecule has 17 heavy (non-hydrogen) atoms. The molecule has 0 bridgehead atoms. The first-order valence-corrected chi connectivity index (χ1v) is 6.29. The van der Waals surface area contributed by atoms with Gasteiger partial charge in [0.05, 0.1) is 11.1 Å². The lowest BCUT2D eigenvalue weighted by Gasteiger charge is -2.10. The van der Waals surface area contributed by atoms with Crippen LogP contribution in [0.2, 0.25) is 0 Å². The Labute approximate surface area is 106 Å². The van der Waals surface area contributed by atoms with Crippen LogP contribution in [0.25, 0.3) is 10.9 Å². The SMILES string of the molecule is O=Cc1cn(C2CC2)c2cc(Br)ccc2c1=O. The summed E-state index contributed by atoms with van der Waals surface area (Å²) in [6, 6.07) is 5.97. The van der Waals surface area contributed by atoms with Crippen LogP contribution in [0.15, 0.2) is 33.7 Å². The lowest BCUT2D eigenvalue weighted by atomic mass is 10.1. The fourth-order valence-electron chi connectivity index (χ4n) is 2.08. The Hall–Kier alpha value is -1.42. The highest BCUT2D eigenvalue weighted by atomic mass is 79.9. The second-order valence-corrected chi connectivity index (χ2v) is 5.25. The maximum absolute atomic E-state index is 12.0. The number of aldehydes is 1. The molecule has 0 atom stereocenters. The molecule has 0 spiro atoms. The van der Waals surface area contributed by atoms with Crippen molar-refractivity contribution in [3.63, 3.8) is 0 Å². The minimum Gasteiger partial charge on any atom is -0.343 e. The normalized spacial score (nSPS) is 15.1. The van der Waals surface area contributed by atoms with Crippen molar-refractivity contribution in [2.75, 3.05) is 0 Å². The molecular weight excluding hydrogens is 282 g/mol. The largest absolute Gasteiger partial charge is 0.343 e. The summed E-state index contributed by atoms with van der Waals surface area (Å²) in [6.07, 6.45) is 4.55. The van der Waals surface area contributed by atoms with Gasteiger partial charge in [0.2, 0.25) is 0 Å². The molecule has 2 aromatic rings. The first-order chi connectivity index (χ1) is 8.20. The van der Waals surface area contributed by atoms with Gasteiger partial charge in [-0.2, -0.15) is 0 Å². The number of carbonyl (C=O) groups excluding carboxylic acids is 1. The number of fused-ring (bicyclic) bond motifs is 1. The molecular formula is C13H10BrNO2. The molecule has 3 rings (SSSR count). The van der Waals surface area contributed by atoms with Crippen LogP contribution in [-0.2, 0) is 0 Å². The van der Waals surface area contributed by atoms with Crippen molar-refractivity contribution in [1.29, 1.82) is 0 Å². The number of hydrogen-bond donors (Lipinski definition) is 0. The molecule has 1 saturated carbocycles. The van der Waals surface area contributed by atoms with Crippen molar-refractivity contribution in [1.82, 2.24) is 4.57 Å². The van der Waals surface area contributed by atoms with Crippen molar-refractivity contribution in [3.8, 4) is 0 Å². The first kappa shape index (κ1) is 10.7. The topological polar surface area (TPSA) is 39.1 Å². The molecule has 4 heteroatoms. The van der Waals surface area contributed by atoms with Crippen molar-refractivity contribution >= 4 is 33.1 Å². The molecule has 0 radical (unpaired) electrons. The van der Waals surface area contributed by atoms with Gasteiger partial charge < -0.3 is 4.57 Å². The fourth-order valence-corrected chi connectivity index (χ4v) is 2.43. The molecule has 1 fully saturated rings. The summed E-state index contributed by atoms with van der Waals surface area (Å²) in [7, 11) is 0. The van der Waals surface area contributed by atoms with Gasteiger partial charge in [-0.1, -0.05) is 15.9 Å². The maximum Gasteiger partial charge on any atom is 0.199 e. The number of benzene rings is 1. The van der Waals surface area contributed by atoms with E-state index in [1.807, 2.05) is 16.7 Å². The number of nitrogens with zero attached hydrogens (tertiary/aromatic N) is 1. The summed E-state index contributed by atoms with van der Waals surface area (Å²) in [6.45, 7) is 0. The highest BCUT2D eigenvalue weighted by Crippen LogP contribution is 2.37. The number of aromatic nitrogens is 1. The van der Waals surface area contributed by atoms with Crippen LogP contribution >= 0.6 is 15.9 Å². The van der Waals surface area contributed by atoms with Gasteiger partial charge in [-0.25, -0.2) is 0 Å².